The molecule has 5 rings (SSSR count). The van der Waals surface area contributed by atoms with E-state index >= 15 is 0 Å². The van der Waals surface area contributed by atoms with Gasteiger partial charge >= 0.3 is 23.9 Å². The normalized spacial score (nSPS) is 24.7. The van der Waals surface area contributed by atoms with Crippen LogP contribution in [0.1, 0.15) is 74.8 Å². The van der Waals surface area contributed by atoms with Gasteiger partial charge in [0.05, 0.1) is 0 Å². The van der Waals surface area contributed by atoms with Crippen molar-refractivity contribution in [1.29, 1.82) is 0 Å². The van der Waals surface area contributed by atoms with Gasteiger partial charge in [0.1, 0.15) is 19.3 Å². The van der Waals surface area contributed by atoms with Crippen molar-refractivity contribution in [1.82, 2.24) is 0 Å². The van der Waals surface area contributed by atoms with Crippen molar-refractivity contribution >= 4 is 23.9 Å². The number of carbonyl (C=O) groups excluding carboxylic acids is 4. The molecule has 1 aliphatic carbocycles. The summed E-state index contributed by atoms with van der Waals surface area (Å²) in [5, 5.41) is 0. The molecule has 42 heavy (non-hydrogen) atoms. The second kappa shape index (κ2) is 12.4. The number of hydrogen-bond donors (Lipinski definition) is 0. The molecule has 5 atom stereocenters. The summed E-state index contributed by atoms with van der Waals surface area (Å²) >= 11 is 0. The average molecular weight is 583 g/mol. The molecule has 2 aromatic rings. The van der Waals surface area contributed by atoms with E-state index in [2.05, 4.69) is 0 Å². The molecule has 2 heterocycles. The molecule has 3 aliphatic rings. The molecule has 1 saturated heterocycles. The zero-order valence-electron chi connectivity index (χ0n) is 24.0. The van der Waals surface area contributed by atoms with E-state index in [9.17, 15) is 19.2 Å². The van der Waals surface area contributed by atoms with Gasteiger partial charge in [0.2, 0.25) is 12.4 Å². The maximum Gasteiger partial charge on any atom is 0.305 e. The van der Waals surface area contributed by atoms with E-state index in [0.717, 1.165) is 30.9 Å². The third-order valence-corrected chi connectivity index (χ3v) is 7.20. The molecular weight excluding hydrogens is 548 g/mol. The van der Waals surface area contributed by atoms with Crippen molar-refractivity contribution < 1.29 is 52.3 Å². The molecule has 11 heteroatoms. The fourth-order valence-corrected chi connectivity index (χ4v) is 5.47. The number of benzene rings is 2. The van der Waals surface area contributed by atoms with Gasteiger partial charge in [-0.2, -0.15) is 0 Å². The van der Waals surface area contributed by atoms with Crippen LogP contribution in [0.15, 0.2) is 36.4 Å². The van der Waals surface area contributed by atoms with Gasteiger partial charge in [-0.25, -0.2) is 0 Å². The summed E-state index contributed by atoms with van der Waals surface area (Å²) in [6, 6.07) is 11.7. The SMILES string of the molecule is CC(=O)OC1O[C@@H](c2ccc(C3CC3)c(Cc3ccc4c(c3)OCCO4)c2)[C@H](OC(C)=O)[C@@H](OC(C)=O)[C@@H]1OC(C)=O. The smallest absolute Gasteiger partial charge is 0.305 e. The Morgan fingerprint density at radius 1 is 0.714 bits per heavy atom. The van der Waals surface area contributed by atoms with E-state index in [4.69, 9.17) is 33.2 Å². The summed E-state index contributed by atoms with van der Waals surface area (Å²) in [5.41, 5.74) is 3.85. The Balaban J connectivity index is 1.54. The number of fused-ring (bicyclic) bond motifs is 1. The lowest BCUT2D eigenvalue weighted by Crippen LogP contribution is -2.59. The average Bonchev–Trinajstić information content (AvgIpc) is 3.76. The molecule has 0 spiro atoms. The van der Waals surface area contributed by atoms with Crippen molar-refractivity contribution in [3.05, 3.63) is 58.7 Å². The number of esters is 4. The summed E-state index contributed by atoms with van der Waals surface area (Å²) in [4.78, 5) is 48.4. The largest absolute Gasteiger partial charge is 0.486 e. The fraction of sp³-hybridized carbons (Fsp3) is 0.484. The maximum atomic E-state index is 12.3. The van der Waals surface area contributed by atoms with Gasteiger partial charge in [-0.1, -0.05) is 24.3 Å². The number of hydrogen-bond acceptors (Lipinski definition) is 11. The number of carbonyl (C=O) groups is 4. The lowest BCUT2D eigenvalue weighted by atomic mass is 9.89. The van der Waals surface area contributed by atoms with Crippen molar-refractivity contribution in [3.63, 3.8) is 0 Å². The summed E-state index contributed by atoms with van der Waals surface area (Å²) in [5.74, 6) is -0.974. The van der Waals surface area contributed by atoms with E-state index in [1.165, 1.54) is 26.3 Å². The zero-order chi connectivity index (χ0) is 30.0. The minimum absolute atomic E-state index is 0.429. The molecular formula is C31H34O11. The summed E-state index contributed by atoms with van der Waals surface area (Å²) in [6.07, 6.45) is -3.62. The van der Waals surface area contributed by atoms with Crippen LogP contribution in [0.3, 0.4) is 0 Å². The van der Waals surface area contributed by atoms with Crippen LogP contribution >= 0.6 is 0 Å². The molecule has 0 amide bonds. The van der Waals surface area contributed by atoms with Crippen LogP contribution in [-0.2, 0) is 49.3 Å². The predicted molar refractivity (Wildman–Crippen MR) is 145 cm³/mol. The standard InChI is InChI=1S/C31H34O11/c1-16(32)38-28-27(42-31(41-19(4)35)30(40-18(3)34)29(28)39-17(2)33)22-8-9-24(21-6-7-21)23(15-22)13-20-5-10-25-26(14-20)37-12-11-36-25/h5,8-10,14-15,21,27-31H,6-7,11-13H2,1-4H3/t27-,28-,29+,30-,31?/m0/s1. The Hall–Kier alpha value is -4.12. The Morgan fingerprint density at radius 2 is 1.33 bits per heavy atom. The Morgan fingerprint density at radius 3 is 1.98 bits per heavy atom. The highest BCUT2D eigenvalue weighted by atomic mass is 16.7. The van der Waals surface area contributed by atoms with Crippen LogP contribution < -0.4 is 9.47 Å². The zero-order valence-corrected chi connectivity index (χ0v) is 24.0. The molecule has 0 bridgehead atoms. The Labute approximate surface area is 243 Å². The van der Waals surface area contributed by atoms with E-state index in [1.807, 2.05) is 36.4 Å². The van der Waals surface area contributed by atoms with E-state index in [-0.39, 0.29) is 0 Å². The predicted octanol–water partition coefficient (Wildman–Crippen LogP) is 3.68. The first kappa shape index (κ1) is 29.4. The molecule has 2 fully saturated rings. The monoisotopic (exact) mass is 582 g/mol. The molecule has 1 saturated carbocycles. The highest BCUT2D eigenvalue weighted by Gasteiger charge is 2.53. The van der Waals surface area contributed by atoms with E-state index in [1.54, 1.807) is 0 Å². The molecule has 0 aromatic heterocycles. The third-order valence-electron chi connectivity index (χ3n) is 7.20. The van der Waals surface area contributed by atoms with Crippen molar-refractivity contribution in [2.24, 2.45) is 0 Å². The van der Waals surface area contributed by atoms with Gasteiger partial charge in [0.15, 0.2) is 23.7 Å². The topological polar surface area (TPSA) is 133 Å². The van der Waals surface area contributed by atoms with E-state index in [0.29, 0.717) is 42.6 Å². The van der Waals surface area contributed by atoms with Gasteiger partial charge in [-0.3, -0.25) is 19.2 Å². The van der Waals surface area contributed by atoms with Crippen molar-refractivity contribution in [2.75, 3.05) is 13.2 Å². The lowest BCUT2D eigenvalue weighted by Gasteiger charge is -2.44. The first-order valence-electron chi connectivity index (χ1n) is 13.9. The second-order valence-corrected chi connectivity index (χ2v) is 10.6. The van der Waals surface area contributed by atoms with Gasteiger partial charge in [-0.05, 0) is 59.6 Å². The summed E-state index contributed by atoms with van der Waals surface area (Å²) < 4.78 is 39.6. The lowest BCUT2D eigenvalue weighted by molar-refractivity contribution is -0.298. The van der Waals surface area contributed by atoms with Gasteiger partial charge in [-0.15, -0.1) is 0 Å². The minimum atomic E-state index is -1.43. The molecule has 11 nitrogen and oxygen atoms in total. The van der Waals surface area contributed by atoms with Crippen LogP contribution in [0.5, 0.6) is 11.5 Å². The van der Waals surface area contributed by atoms with Gasteiger partial charge in [0.25, 0.3) is 0 Å². The van der Waals surface area contributed by atoms with E-state index < -0.39 is 54.6 Å². The summed E-state index contributed by atoms with van der Waals surface area (Å²) in [7, 11) is 0. The molecule has 2 aromatic carbocycles. The Kier molecular flexibility index (Phi) is 8.67. The fourth-order valence-electron chi connectivity index (χ4n) is 5.47. The first-order valence-corrected chi connectivity index (χ1v) is 13.9. The van der Waals surface area contributed by atoms with Crippen LogP contribution in [0.4, 0.5) is 0 Å². The maximum absolute atomic E-state index is 12.3. The van der Waals surface area contributed by atoms with Crippen LogP contribution in [0.25, 0.3) is 0 Å². The van der Waals surface area contributed by atoms with Crippen LogP contribution in [0.2, 0.25) is 0 Å². The molecule has 1 unspecified atom stereocenters. The highest BCUT2D eigenvalue weighted by Crippen LogP contribution is 2.45. The first-order chi connectivity index (χ1) is 20.1. The summed E-state index contributed by atoms with van der Waals surface area (Å²) in [6.45, 7) is 5.71. The van der Waals surface area contributed by atoms with Crippen molar-refractivity contribution in [2.45, 2.75) is 83.6 Å². The Bertz CT molecular complexity index is 1360. The molecule has 0 N–H and O–H groups in total. The molecule has 224 valence electrons. The van der Waals surface area contributed by atoms with Crippen LogP contribution in [0, 0.1) is 0 Å². The molecule has 2 aliphatic heterocycles. The minimum Gasteiger partial charge on any atom is -0.486 e. The highest BCUT2D eigenvalue weighted by molar-refractivity contribution is 5.69. The quantitative estimate of drug-likeness (QED) is 0.333. The third kappa shape index (κ3) is 6.84. The van der Waals surface area contributed by atoms with Gasteiger partial charge in [0, 0.05) is 27.7 Å². The second-order valence-electron chi connectivity index (χ2n) is 10.6. The molecule has 0 radical (unpaired) electrons. The van der Waals surface area contributed by atoms with Gasteiger partial charge < -0.3 is 33.2 Å². The van der Waals surface area contributed by atoms with Crippen LogP contribution in [-0.4, -0.2) is 61.7 Å². The number of rotatable bonds is 8. The van der Waals surface area contributed by atoms with Crippen molar-refractivity contribution in [3.8, 4) is 11.5 Å². The number of ether oxygens (including phenoxy) is 7.